The van der Waals surface area contributed by atoms with E-state index in [0.717, 1.165) is 13.0 Å². The van der Waals surface area contributed by atoms with Gasteiger partial charge in [-0.25, -0.2) is 0 Å². The number of hydrogen-bond acceptors (Lipinski definition) is 3. The lowest BCUT2D eigenvalue weighted by molar-refractivity contribution is -0.162. The maximum atomic E-state index is 5.69. The Balaban J connectivity index is 1.80. The Morgan fingerprint density at radius 3 is 2.86 bits per heavy atom. The fourth-order valence-electron chi connectivity index (χ4n) is 1.59. The zero-order chi connectivity index (χ0) is 9.80. The van der Waals surface area contributed by atoms with E-state index in [0.29, 0.717) is 6.61 Å². The van der Waals surface area contributed by atoms with Gasteiger partial charge in [0, 0.05) is 0 Å². The molecule has 0 amide bonds. The minimum atomic E-state index is -0.198. The van der Waals surface area contributed by atoms with Crippen LogP contribution in [0.1, 0.15) is 13.3 Å². The summed E-state index contributed by atoms with van der Waals surface area (Å²) >= 11 is 0. The predicted octanol–water partition coefficient (Wildman–Crippen LogP) is 1.65. The Kier molecular flexibility index (Phi) is 3.35. The molecule has 0 aromatic carbocycles. The van der Waals surface area contributed by atoms with E-state index in [2.05, 4.69) is 6.08 Å². The topological polar surface area (TPSA) is 27.7 Å². The summed E-state index contributed by atoms with van der Waals surface area (Å²) in [7, 11) is 0. The second-order valence-corrected chi connectivity index (χ2v) is 3.52. The molecule has 14 heavy (non-hydrogen) atoms. The third-order valence-electron chi connectivity index (χ3n) is 2.38. The first-order valence-electron chi connectivity index (χ1n) is 5.08. The molecule has 0 N–H and O–H groups in total. The van der Waals surface area contributed by atoms with Gasteiger partial charge in [-0.15, -0.1) is 0 Å². The van der Waals surface area contributed by atoms with Crippen LogP contribution < -0.4 is 0 Å². The van der Waals surface area contributed by atoms with Gasteiger partial charge in [0.05, 0.1) is 19.3 Å². The molecule has 3 heteroatoms. The Bertz CT molecular complexity index is 235. The second kappa shape index (κ2) is 4.73. The summed E-state index contributed by atoms with van der Waals surface area (Å²) < 4.78 is 16.5. The van der Waals surface area contributed by atoms with Gasteiger partial charge >= 0.3 is 0 Å². The number of ether oxygens (including phenoxy) is 3. The third-order valence-corrected chi connectivity index (χ3v) is 2.38. The van der Waals surface area contributed by atoms with Crippen molar-refractivity contribution in [3.05, 3.63) is 24.3 Å². The number of rotatable bonds is 3. The number of hydrogen-bond donors (Lipinski definition) is 0. The summed E-state index contributed by atoms with van der Waals surface area (Å²) in [6.45, 7) is 3.45. The molecule has 0 bridgehead atoms. The molecular weight excluding hydrogens is 180 g/mol. The maximum absolute atomic E-state index is 5.69. The first-order valence-corrected chi connectivity index (χ1v) is 5.08. The van der Waals surface area contributed by atoms with Crippen LogP contribution in [0.4, 0.5) is 0 Å². The van der Waals surface area contributed by atoms with E-state index in [1.807, 2.05) is 25.2 Å². The van der Waals surface area contributed by atoms with Crippen LogP contribution in [0.2, 0.25) is 0 Å². The molecule has 0 aromatic rings. The molecule has 0 fully saturated rings. The normalized spacial score (nSPS) is 33.5. The second-order valence-electron chi connectivity index (χ2n) is 3.52. The fourth-order valence-corrected chi connectivity index (χ4v) is 1.59. The van der Waals surface area contributed by atoms with Crippen LogP contribution in [0.15, 0.2) is 24.3 Å². The van der Waals surface area contributed by atoms with E-state index in [1.54, 1.807) is 0 Å². The molecule has 0 aliphatic carbocycles. The minimum absolute atomic E-state index is 0.0431. The van der Waals surface area contributed by atoms with Crippen molar-refractivity contribution in [3.63, 3.8) is 0 Å². The van der Waals surface area contributed by atoms with Crippen molar-refractivity contribution in [2.75, 3.05) is 13.2 Å². The van der Waals surface area contributed by atoms with Crippen LogP contribution in [0, 0.1) is 0 Å². The Morgan fingerprint density at radius 2 is 2.21 bits per heavy atom. The van der Waals surface area contributed by atoms with Gasteiger partial charge in [-0.3, -0.25) is 0 Å². The summed E-state index contributed by atoms with van der Waals surface area (Å²) in [6, 6.07) is 0. The van der Waals surface area contributed by atoms with Crippen LogP contribution in [0.5, 0.6) is 0 Å². The van der Waals surface area contributed by atoms with Crippen LogP contribution in [-0.4, -0.2) is 31.7 Å². The van der Waals surface area contributed by atoms with Crippen LogP contribution in [0.25, 0.3) is 0 Å². The average molecular weight is 196 g/mol. The molecule has 78 valence electrons. The van der Waals surface area contributed by atoms with Gasteiger partial charge in [0.15, 0.2) is 6.29 Å². The van der Waals surface area contributed by atoms with E-state index < -0.39 is 0 Å². The molecule has 0 saturated carbocycles. The third kappa shape index (κ3) is 2.44. The van der Waals surface area contributed by atoms with Crippen molar-refractivity contribution in [2.45, 2.75) is 31.8 Å². The monoisotopic (exact) mass is 196 g/mol. The van der Waals surface area contributed by atoms with Crippen LogP contribution in [0.3, 0.4) is 0 Å². The lowest BCUT2D eigenvalue weighted by atomic mass is 10.2. The summed E-state index contributed by atoms with van der Waals surface area (Å²) in [4.78, 5) is 0. The van der Waals surface area contributed by atoms with Crippen LogP contribution >= 0.6 is 0 Å². The summed E-state index contributed by atoms with van der Waals surface area (Å²) in [5, 5.41) is 0. The fraction of sp³-hybridized carbons (Fsp3) is 0.636. The lowest BCUT2D eigenvalue weighted by Gasteiger charge is -2.25. The van der Waals surface area contributed by atoms with Gasteiger partial charge in [-0.05, 0) is 19.4 Å². The first kappa shape index (κ1) is 9.90. The zero-order valence-corrected chi connectivity index (χ0v) is 8.39. The van der Waals surface area contributed by atoms with E-state index in [1.165, 1.54) is 0 Å². The van der Waals surface area contributed by atoms with E-state index in [9.17, 15) is 0 Å². The van der Waals surface area contributed by atoms with Gasteiger partial charge < -0.3 is 14.2 Å². The molecule has 2 aliphatic heterocycles. The van der Waals surface area contributed by atoms with Gasteiger partial charge in [-0.2, -0.15) is 0 Å². The van der Waals surface area contributed by atoms with E-state index in [4.69, 9.17) is 14.2 Å². The lowest BCUT2D eigenvalue weighted by Crippen LogP contribution is -2.31. The van der Waals surface area contributed by atoms with E-state index >= 15 is 0 Å². The predicted molar refractivity (Wildman–Crippen MR) is 52.9 cm³/mol. The van der Waals surface area contributed by atoms with Crippen molar-refractivity contribution in [1.29, 1.82) is 0 Å². The molecule has 0 aromatic heterocycles. The highest BCUT2D eigenvalue weighted by molar-refractivity contribution is 4.99. The van der Waals surface area contributed by atoms with E-state index in [-0.39, 0.29) is 18.5 Å². The molecular formula is C11H16O3. The molecule has 2 heterocycles. The quantitative estimate of drug-likeness (QED) is 0.642. The molecule has 0 spiro atoms. The summed E-state index contributed by atoms with van der Waals surface area (Å²) in [5.74, 6) is 0. The SMILES string of the molecule is C[C@H](OC1C=CCCO1)[C@@H]1C=CCO1. The molecule has 1 unspecified atom stereocenters. The van der Waals surface area contributed by atoms with Gasteiger partial charge in [-0.1, -0.05) is 18.2 Å². The Hall–Kier alpha value is -0.640. The summed E-state index contributed by atoms with van der Waals surface area (Å²) in [6.07, 6.45) is 9.00. The standard InChI is InChI=1S/C11H16O3/c1-9(10-5-4-8-12-10)14-11-6-2-3-7-13-11/h2,4-6,9-11H,3,7-8H2,1H3/t9-,10-,11?/m0/s1. The zero-order valence-electron chi connectivity index (χ0n) is 8.39. The van der Waals surface area contributed by atoms with Crippen molar-refractivity contribution < 1.29 is 14.2 Å². The molecule has 0 saturated heterocycles. The Labute approximate surface area is 84.3 Å². The molecule has 2 aliphatic rings. The molecule has 3 nitrogen and oxygen atoms in total. The summed E-state index contributed by atoms with van der Waals surface area (Å²) in [5.41, 5.74) is 0. The van der Waals surface area contributed by atoms with Crippen LogP contribution in [-0.2, 0) is 14.2 Å². The van der Waals surface area contributed by atoms with Gasteiger partial charge in [0.2, 0.25) is 0 Å². The van der Waals surface area contributed by atoms with Crippen molar-refractivity contribution in [1.82, 2.24) is 0 Å². The molecule has 0 radical (unpaired) electrons. The highest BCUT2D eigenvalue weighted by Gasteiger charge is 2.22. The average Bonchev–Trinajstić information content (AvgIpc) is 2.72. The minimum Gasteiger partial charge on any atom is -0.367 e. The largest absolute Gasteiger partial charge is 0.367 e. The van der Waals surface area contributed by atoms with Crippen molar-refractivity contribution >= 4 is 0 Å². The molecule has 2 rings (SSSR count). The highest BCUT2D eigenvalue weighted by atomic mass is 16.7. The molecule has 3 atom stereocenters. The van der Waals surface area contributed by atoms with Gasteiger partial charge in [0.1, 0.15) is 6.10 Å². The highest BCUT2D eigenvalue weighted by Crippen LogP contribution is 2.15. The van der Waals surface area contributed by atoms with Crippen molar-refractivity contribution in [3.8, 4) is 0 Å². The van der Waals surface area contributed by atoms with Crippen molar-refractivity contribution in [2.24, 2.45) is 0 Å². The smallest absolute Gasteiger partial charge is 0.177 e. The Morgan fingerprint density at radius 1 is 1.29 bits per heavy atom. The maximum Gasteiger partial charge on any atom is 0.177 e. The first-order chi connectivity index (χ1) is 6.86. The van der Waals surface area contributed by atoms with Gasteiger partial charge in [0.25, 0.3) is 0 Å².